The van der Waals surface area contributed by atoms with E-state index in [0.29, 0.717) is 0 Å². The molecule has 59 heavy (non-hydrogen) atoms. The molecule has 2 heteroatoms. The molecular formula is C57H49NO. The van der Waals surface area contributed by atoms with E-state index >= 15 is 0 Å². The van der Waals surface area contributed by atoms with Crippen LogP contribution in [0.5, 0.6) is 0 Å². The first-order valence-electron chi connectivity index (χ1n) is 20.5. The van der Waals surface area contributed by atoms with Gasteiger partial charge in [0.1, 0.15) is 0 Å². The topological polar surface area (TPSA) is 23.5 Å². The molecule has 0 spiro atoms. The predicted molar refractivity (Wildman–Crippen MR) is 252 cm³/mol. The minimum atomic E-state index is -0.000265. The molecule has 0 saturated heterocycles. The quantitative estimate of drug-likeness (QED) is 0.0989. The normalized spacial score (nSPS) is 11.7. The van der Waals surface area contributed by atoms with Gasteiger partial charge in [-0.05, 0) is 111 Å². The first kappa shape index (κ1) is 38.9. The van der Waals surface area contributed by atoms with Gasteiger partial charge in [0.15, 0.2) is 0 Å². The van der Waals surface area contributed by atoms with Crippen molar-refractivity contribution in [1.82, 2.24) is 0 Å². The molecule has 8 aromatic rings. The van der Waals surface area contributed by atoms with Crippen LogP contribution in [0.3, 0.4) is 0 Å². The second-order valence-electron chi connectivity index (χ2n) is 15.0. The zero-order valence-electron chi connectivity index (χ0n) is 34.0. The molecule has 288 valence electrons. The highest BCUT2D eigenvalue weighted by molar-refractivity contribution is 6.04. The largest absolute Gasteiger partial charge is 0.392 e. The smallest absolute Gasteiger partial charge is 0.0681 e. The SMILES string of the molecule is CCC(=Cc1ccc(N(c2ccc(C(=CC=C(c3ccccc3)c3ccccc3)c3cccc(C)c3)cc2)c2ccc(CO)cc2C)c2ccccc12)c1ccccc1. The summed E-state index contributed by atoms with van der Waals surface area (Å²) in [6.45, 7) is 6.50. The van der Waals surface area contributed by atoms with Gasteiger partial charge in [-0.1, -0.05) is 201 Å². The van der Waals surface area contributed by atoms with Gasteiger partial charge in [0.2, 0.25) is 0 Å². The van der Waals surface area contributed by atoms with Crippen LogP contribution in [-0.4, -0.2) is 5.11 Å². The van der Waals surface area contributed by atoms with Gasteiger partial charge < -0.3 is 10.0 Å². The van der Waals surface area contributed by atoms with Gasteiger partial charge in [-0.3, -0.25) is 0 Å². The molecule has 0 amide bonds. The summed E-state index contributed by atoms with van der Waals surface area (Å²) < 4.78 is 0. The number of hydrogen-bond acceptors (Lipinski definition) is 2. The van der Waals surface area contributed by atoms with Crippen molar-refractivity contribution in [3.8, 4) is 0 Å². The van der Waals surface area contributed by atoms with Gasteiger partial charge in [-0.2, -0.15) is 0 Å². The van der Waals surface area contributed by atoms with Crippen LogP contribution in [0.15, 0.2) is 206 Å². The molecule has 0 atom stereocenters. The highest BCUT2D eigenvalue weighted by atomic mass is 16.3. The number of benzene rings is 8. The van der Waals surface area contributed by atoms with Crippen LogP contribution in [0.2, 0.25) is 0 Å². The first-order valence-corrected chi connectivity index (χ1v) is 20.5. The van der Waals surface area contributed by atoms with Gasteiger partial charge in [-0.15, -0.1) is 0 Å². The Hall–Kier alpha value is -7.00. The van der Waals surface area contributed by atoms with Crippen LogP contribution in [0.25, 0.3) is 33.6 Å². The van der Waals surface area contributed by atoms with Crippen molar-refractivity contribution in [2.75, 3.05) is 4.90 Å². The second kappa shape index (κ2) is 18.1. The molecule has 0 aliphatic heterocycles. The van der Waals surface area contributed by atoms with Crippen molar-refractivity contribution in [3.63, 3.8) is 0 Å². The Labute approximate surface area is 349 Å². The predicted octanol–water partition coefficient (Wildman–Crippen LogP) is 14.9. The monoisotopic (exact) mass is 763 g/mol. The van der Waals surface area contributed by atoms with Gasteiger partial charge in [0, 0.05) is 16.8 Å². The zero-order valence-corrected chi connectivity index (χ0v) is 34.0. The maximum Gasteiger partial charge on any atom is 0.0681 e. The Morgan fingerprint density at radius 1 is 0.492 bits per heavy atom. The average Bonchev–Trinajstić information content (AvgIpc) is 3.29. The Morgan fingerprint density at radius 2 is 1.03 bits per heavy atom. The number of allylic oxidation sites excluding steroid dienone is 3. The van der Waals surface area contributed by atoms with Crippen molar-refractivity contribution in [3.05, 3.63) is 256 Å². The Bertz CT molecular complexity index is 2740. The maximum absolute atomic E-state index is 10.0. The summed E-state index contributed by atoms with van der Waals surface area (Å²) in [6.07, 6.45) is 7.81. The summed E-state index contributed by atoms with van der Waals surface area (Å²) in [6, 6.07) is 69.1. The van der Waals surface area contributed by atoms with E-state index < -0.39 is 0 Å². The minimum Gasteiger partial charge on any atom is -0.392 e. The molecule has 0 saturated carbocycles. The van der Waals surface area contributed by atoms with Gasteiger partial charge in [0.25, 0.3) is 0 Å². The standard InChI is InChI=1S/C57H49NO/c1-4-44(45-18-8-5-9-19-45)39-50-30-36-57(55-26-15-14-25-54(50)55)58(56-35-27-43(40-59)38-42(56)3)51-31-28-48(29-32-51)53(49-24-16-17-41(2)37-49)34-33-52(46-20-10-6-11-21-46)47-22-12-7-13-23-47/h5-39,59H,4,40H2,1-3H3. The van der Waals surface area contributed by atoms with Gasteiger partial charge in [0.05, 0.1) is 12.3 Å². The van der Waals surface area contributed by atoms with E-state index in [2.05, 4.69) is 232 Å². The number of fused-ring (bicyclic) bond motifs is 1. The summed E-state index contributed by atoms with van der Waals surface area (Å²) in [5.74, 6) is 0. The number of anilines is 3. The van der Waals surface area contributed by atoms with E-state index in [0.717, 1.165) is 45.7 Å². The fourth-order valence-electron chi connectivity index (χ4n) is 8.05. The van der Waals surface area contributed by atoms with Crippen molar-refractivity contribution < 1.29 is 5.11 Å². The third-order valence-corrected chi connectivity index (χ3v) is 11.1. The number of aliphatic hydroxyl groups excluding tert-OH is 1. The fraction of sp³-hybridized carbons (Fsp3) is 0.0877. The van der Waals surface area contributed by atoms with Crippen LogP contribution >= 0.6 is 0 Å². The Kier molecular flexibility index (Phi) is 11.9. The lowest BCUT2D eigenvalue weighted by atomic mass is 9.93. The van der Waals surface area contributed by atoms with E-state index in [9.17, 15) is 5.11 Å². The van der Waals surface area contributed by atoms with Crippen LogP contribution in [0, 0.1) is 13.8 Å². The second-order valence-corrected chi connectivity index (χ2v) is 15.0. The van der Waals surface area contributed by atoms with E-state index in [-0.39, 0.29) is 6.61 Å². The van der Waals surface area contributed by atoms with E-state index in [1.54, 1.807) is 0 Å². The highest BCUT2D eigenvalue weighted by Crippen LogP contribution is 2.42. The molecule has 2 nitrogen and oxygen atoms in total. The molecule has 0 heterocycles. The van der Waals surface area contributed by atoms with Crippen molar-refractivity contribution in [1.29, 1.82) is 0 Å². The third kappa shape index (κ3) is 8.65. The van der Waals surface area contributed by atoms with Crippen molar-refractivity contribution >= 4 is 50.6 Å². The summed E-state index contributed by atoms with van der Waals surface area (Å²) >= 11 is 0. The van der Waals surface area contributed by atoms with Crippen molar-refractivity contribution in [2.45, 2.75) is 33.8 Å². The molecule has 0 fully saturated rings. The van der Waals surface area contributed by atoms with E-state index in [4.69, 9.17) is 0 Å². The molecule has 0 radical (unpaired) electrons. The summed E-state index contributed by atoms with van der Waals surface area (Å²) in [5, 5.41) is 12.4. The van der Waals surface area contributed by atoms with Crippen LogP contribution < -0.4 is 4.90 Å². The maximum atomic E-state index is 10.0. The molecule has 0 aliphatic rings. The summed E-state index contributed by atoms with van der Waals surface area (Å²) in [5.41, 5.74) is 17.1. The van der Waals surface area contributed by atoms with Crippen LogP contribution in [0.4, 0.5) is 17.1 Å². The minimum absolute atomic E-state index is 0.000265. The van der Waals surface area contributed by atoms with Crippen molar-refractivity contribution in [2.24, 2.45) is 0 Å². The molecule has 1 N–H and O–H groups in total. The summed E-state index contributed by atoms with van der Waals surface area (Å²) in [7, 11) is 0. The zero-order chi connectivity index (χ0) is 40.6. The van der Waals surface area contributed by atoms with Crippen LogP contribution in [-0.2, 0) is 6.61 Å². The number of nitrogens with zero attached hydrogens (tertiary/aromatic N) is 1. The Balaban J connectivity index is 1.27. The number of aliphatic hydroxyl groups is 1. The molecule has 0 aromatic heterocycles. The molecule has 8 rings (SSSR count). The fourth-order valence-corrected chi connectivity index (χ4v) is 8.05. The van der Waals surface area contributed by atoms with E-state index in [1.807, 2.05) is 6.07 Å². The molecule has 0 aliphatic carbocycles. The first-order chi connectivity index (χ1) is 29.0. The van der Waals surface area contributed by atoms with Crippen LogP contribution in [0.1, 0.15) is 63.4 Å². The average molecular weight is 764 g/mol. The number of rotatable bonds is 12. The van der Waals surface area contributed by atoms with Gasteiger partial charge in [-0.25, -0.2) is 0 Å². The molecule has 0 unspecified atom stereocenters. The summed E-state index contributed by atoms with van der Waals surface area (Å²) in [4.78, 5) is 2.37. The van der Waals surface area contributed by atoms with E-state index in [1.165, 1.54) is 55.3 Å². The lowest BCUT2D eigenvalue weighted by Gasteiger charge is -2.29. The lowest BCUT2D eigenvalue weighted by Crippen LogP contribution is -2.12. The Morgan fingerprint density at radius 3 is 1.63 bits per heavy atom. The molecular weight excluding hydrogens is 715 g/mol. The number of aryl methyl sites for hydroxylation is 2. The number of hydrogen-bond donors (Lipinski definition) is 1. The highest BCUT2D eigenvalue weighted by Gasteiger charge is 2.19. The molecule has 8 aromatic carbocycles. The third-order valence-electron chi connectivity index (χ3n) is 11.1. The lowest BCUT2D eigenvalue weighted by molar-refractivity contribution is 0.282. The van der Waals surface area contributed by atoms with Gasteiger partial charge >= 0.3 is 0 Å². The molecule has 0 bridgehead atoms.